The molecule has 4 aliphatic carbocycles. The fourth-order valence-corrected chi connectivity index (χ4v) is 7.54. The van der Waals surface area contributed by atoms with Crippen LogP contribution in [0.2, 0.25) is 0 Å². The van der Waals surface area contributed by atoms with Gasteiger partial charge in [-0.1, -0.05) is 27.7 Å². The van der Waals surface area contributed by atoms with Gasteiger partial charge in [0.05, 0.1) is 0 Å². The van der Waals surface area contributed by atoms with Crippen molar-refractivity contribution in [2.45, 2.75) is 85.5 Å². The molecule has 2 heteroatoms. The average molecular weight is 316 g/mol. The van der Waals surface area contributed by atoms with Gasteiger partial charge in [-0.05, 0) is 66.6 Å². The molecule has 0 saturated heterocycles. The zero-order valence-electron chi connectivity index (χ0n) is 15.3. The second-order valence-electron chi connectivity index (χ2n) is 10.2. The monoisotopic (exact) mass is 316 g/mol. The maximum absolute atomic E-state index is 12.6. The predicted octanol–water partition coefficient (Wildman–Crippen LogP) is 4.95. The van der Waals surface area contributed by atoms with E-state index in [9.17, 15) is 9.59 Å². The van der Waals surface area contributed by atoms with Crippen LogP contribution in [0.3, 0.4) is 0 Å². The molecule has 4 saturated carbocycles. The van der Waals surface area contributed by atoms with Crippen LogP contribution in [0.15, 0.2) is 0 Å². The Hall–Kier alpha value is -0.660. The van der Waals surface area contributed by atoms with E-state index >= 15 is 0 Å². The summed E-state index contributed by atoms with van der Waals surface area (Å²) in [6.07, 6.45) is 9.20. The van der Waals surface area contributed by atoms with E-state index in [1.54, 1.807) is 0 Å². The molecule has 128 valence electrons. The van der Waals surface area contributed by atoms with E-state index < -0.39 is 0 Å². The van der Waals surface area contributed by atoms with Crippen molar-refractivity contribution in [1.82, 2.24) is 0 Å². The summed E-state index contributed by atoms with van der Waals surface area (Å²) in [4.78, 5) is 24.8. The van der Waals surface area contributed by atoms with Crippen LogP contribution in [-0.2, 0) is 9.59 Å². The predicted molar refractivity (Wildman–Crippen MR) is 91.0 cm³/mol. The van der Waals surface area contributed by atoms with Gasteiger partial charge in [-0.25, -0.2) is 0 Å². The van der Waals surface area contributed by atoms with Gasteiger partial charge >= 0.3 is 0 Å². The lowest BCUT2D eigenvalue weighted by atomic mass is 9.38. The van der Waals surface area contributed by atoms with Crippen LogP contribution in [0.4, 0.5) is 0 Å². The number of Topliss-reactive ketones (excluding diaryl/α,β-unsaturated/α-hetero) is 2. The third kappa shape index (κ3) is 1.71. The van der Waals surface area contributed by atoms with Gasteiger partial charge in [0.1, 0.15) is 11.6 Å². The minimum absolute atomic E-state index is 0.0806. The Labute approximate surface area is 140 Å². The summed E-state index contributed by atoms with van der Waals surface area (Å²) < 4.78 is 0. The number of rotatable bonds is 0. The van der Waals surface area contributed by atoms with Crippen LogP contribution in [0.25, 0.3) is 0 Å². The zero-order chi connectivity index (χ0) is 16.7. The molecule has 4 rings (SSSR count). The van der Waals surface area contributed by atoms with Gasteiger partial charge in [0, 0.05) is 24.7 Å². The van der Waals surface area contributed by atoms with Crippen molar-refractivity contribution < 1.29 is 9.59 Å². The normalized spacial score (nSPS) is 56.0. The molecule has 0 amide bonds. The summed E-state index contributed by atoms with van der Waals surface area (Å²) in [5.41, 5.74) is 0.595. The van der Waals surface area contributed by atoms with E-state index in [1.165, 1.54) is 19.3 Å². The van der Waals surface area contributed by atoms with Crippen molar-refractivity contribution in [1.29, 1.82) is 0 Å². The Morgan fingerprint density at radius 1 is 0.783 bits per heavy atom. The number of fused-ring (bicyclic) bond motifs is 5. The summed E-state index contributed by atoms with van der Waals surface area (Å²) >= 11 is 0. The average Bonchev–Trinajstić information content (AvgIpc) is 2.73. The van der Waals surface area contributed by atoms with Gasteiger partial charge in [-0.2, -0.15) is 0 Å². The Balaban J connectivity index is 1.75. The van der Waals surface area contributed by atoms with Gasteiger partial charge in [-0.15, -0.1) is 0 Å². The third-order valence-corrected chi connectivity index (χ3v) is 9.72. The first-order valence-electron chi connectivity index (χ1n) is 9.71. The van der Waals surface area contributed by atoms with E-state index in [1.807, 2.05) is 0 Å². The number of hydrogen-bond donors (Lipinski definition) is 0. The smallest absolute Gasteiger partial charge is 0.139 e. The zero-order valence-corrected chi connectivity index (χ0v) is 15.3. The highest BCUT2D eigenvalue weighted by Crippen LogP contribution is 2.72. The van der Waals surface area contributed by atoms with Crippen LogP contribution in [-0.4, -0.2) is 11.6 Å². The standard InChI is InChI=1S/C21H32O2/c1-18-9-6-16-15(19(18,2)10-5-14(22)13-18)7-11-21(4)17(23)8-12-20(16,21)3/h15-16H,5-13H2,1-4H3. The first kappa shape index (κ1) is 15.8. The molecule has 0 N–H and O–H groups in total. The van der Waals surface area contributed by atoms with Crippen molar-refractivity contribution >= 4 is 11.6 Å². The summed E-state index contributed by atoms with van der Waals surface area (Å²) in [6.45, 7) is 9.56. The fraction of sp³-hybridized carbons (Fsp3) is 0.905. The van der Waals surface area contributed by atoms with E-state index in [0.717, 1.165) is 38.5 Å². The number of carbonyl (C=O) groups is 2. The summed E-state index contributed by atoms with van der Waals surface area (Å²) in [7, 11) is 0. The van der Waals surface area contributed by atoms with E-state index in [4.69, 9.17) is 0 Å². The molecule has 0 radical (unpaired) electrons. The van der Waals surface area contributed by atoms with Crippen LogP contribution >= 0.6 is 0 Å². The molecular weight excluding hydrogens is 284 g/mol. The van der Waals surface area contributed by atoms with Crippen molar-refractivity contribution in [2.24, 2.45) is 33.5 Å². The lowest BCUT2D eigenvalue weighted by molar-refractivity contribution is -0.182. The summed E-state index contributed by atoms with van der Waals surface area (Å²) in [6, 6.07) is 0. The lowest BCUT2D eigenvalue weighted by Crippen LogP contribution is -2.60. The maximum Gasteiger partial charge on any atom is 0.139 e. The second kappa shape index (κ2) is 4.49. The minimum Gasteiger partial charge on any atom is -0.300 e. The van der Waals surface area contributed by atoms with Crippen LogP contribution < -0.4 is 0 Å². The molecule has 0 spiro atoms. The summed E-state index contributed by atoms with van der Waals surface area (Å²) in [5, 5.41) is 0. The Kier molecular flexibility index (Phi) is 3.09. The van der Waals surface area contributed by atoms with Crippen molar-refractivity contribution in [2.75, 3.05) is 0 Å². The largest absolute Gasteiger partial charge is 0.300 e. The molecule has 0 aliphatic heterocycles. The molecule has 0 heterocycles. The van der Waals surface area contributed by atoms with E-state index in [0.29, 0.717) is 28.8 Å². The van der Waals surface area contributed by atoms with Crippen molar-refractivity contribution in [3.63, 3.8) is 0 Å². The van der Waals surface area contributed by atoms with Crippen LogP contribution in [0.5, 0.6) is 0 Å². The third-order valence-electron chi connectivity index (χ3n) is 9.72. The molecule has 0 aromatic heterocycles. The number of carbonyl (C=O) groups excluding carboxylic acids is 2. The SMILES string of the molecule is CC12CCC3C(CCC4(C)C(=O)CCC34C)C1(C)CCC(=O)C2. The molecule has 2 nitrogen and oxygen atoms in total. The fourth-order valence-electron chi connectivity index (χ4n) is 7.54. The second-order valence-corrected chi connectivity index (χ2v) is 10.2. The molecule has 0 bridgehead atoms. The highest BCUT2D eigenvalue weighted by atomic mass is 16.1. The first-order chi connectivity index (χ1) is 10.7. The molecule has 4 aliphatic rings. The van der Waals surface area contributed by atoms with Crippen LogP contribution in [0, 0.1) is 33.5 Å². The Morgan fingerprint density at radius 3 is 2.13 bits per heavy atom. The highest BCUT2D eigenvalue weighted by Gasteiger charge is 2.67. The van der Waals surface area contributed by atoms with Gasteiger partial charge in [0.15, 0.2) is 0 Å². The first-order valence-corrected chi connectivity index (χ1v) is 9.71. The topological polar surface area (TPSA) is 34.1 Å². The number of ketones is 2. The van der Waals surface area contributed by atoms with Gasteiger partial charge in [-0.3, -0.25) is 9.59 Å². The van der Waals surface area contributed by atoms with Crippen molar-refractivity contribution in [3.8, 4) is 0 Å². The molecule has 6 atom stereocenters. The highest BCUT2D eigenvalue weighted by molar-refractivity contribution is 5.88. The number of hydrogen-bond acceptors (Lipinski definition) is 2. The molecule has 6 unspecified atom stereocenters. The summed E-state index contributed by atoms with van der Waals surface area (Å²) in [5.74, 6) is 2.39. The van der Waals surface area contributed by atoms with Gasteiger partial charge in [0.25, 0.3) is 0 Å². The van der Waals surface area contributed by atoms with Crippen LogP contribution in [0.1, 0.15) is 85.5 Å². The molecule has 23 heavy (non-hydrogen) atoms. The molecular formula is C21H32O2. The minimum atomic E-state index is -0.0806. The van der Waals surface area contributed by atoms with Crippen molar-refractivity contribution in [3.05, 3.63) is 0 Å². The van der Waals surface area contributed by atoms with Gasteiger partial charge in [0.2, 0.25) is 0 Å². The molecule has 0 aromatic carbocycles. The Bertz CT molecular complexity index is 580. The van der Waals surface area contributed by atoms with E-state index in [2.05, 4.69) is 27.7 Å². The maximum atomic E-state index is 12.6. The van der Waals surface area contributed by atoms with Gasteiger partial charge < -0.3 is 0 Å². The van der Waals surface area contributed by atoms with E-state index in [-0.39, 0.29) is 16.2 Å². The Morgan fingerprint density at radius 2 is 1.39 bits per heavy atom. The molecule has 4 fully saturated rings. The molecule has 0 aromatic rings. The lowest BCUT2D eigenvalue weighted by Gasteiger charge is -2.66. The quantitative estimate of drug-likeness (QED) is 0.634.